The van der Waals surface area contributed by atoms with Crippen molar-refractivity contribution in [2.75, 3.05) is 23.7 Å². The van der Waals surface area contributed by atoms with Crippen LogP contribution in [0.2, 0.25) is 0 Å². The zero-order valence-corrected chi connectivity index (χ0v) is 20.1. The van der Waals surface area contributed by atoms with Gasteiger partial charge in [0.05, 0.1) is 17.2 Å². The van der Waals surface area contributed by atoms with Gasteiger partial charge in [0, 0.05) is 10.9 Å². The van der Waals surface area contributed by atoms with Crippen LogP contribution in [0, 0.1) is 11.8 Å². The van der Waals surface area contributed by atoms with Crippen molar-refractivity contribution in [2.24, 2.45) is 11.8 Å². The third-order valence-corrected chi connectivity index (χ3v) is 8.99. The number of hydrogen-bond acceptors (Lipinski definition) is 5. The summed E-state index contributed by atoms with van der Waals surface area (Å²) < 4.78 is 33.8. The first-order chi connectivity index (χ1) is 15.4. The van der Waals surface area contributed by atoms with Gasteiger partial charge < -0.3 is 10.1 Å². The van der Waals surface area contributed by atoms with Crippen LogP contribution in [0.3, 0.4) is 0 Å². The molecule has 0 unspecified atom stereocenters. The number of fused-ring (bicyclic) bond motifs is 2. The molecule has 8 heteroatoms. The minimum absolute atomic E-state index is 0.159. The number of sulfonamides is 1. The number of amides is 1. The van der Waals surface area contributed by atoms with Crippen LogP contribution in [0.1, 0.15) is 32.6 Å². The summed E-state index contributed by atoms with van der Waals surface area (Å²) in [5, 5.41) is 3.11. The Morgan fingerprint density at radius 3 is 2.38 bits per heavy atom. The van der Waals surface area contributed by atoms with Gasteiger partial charge in [-0.05, 0) is 92.8 Å². The van der Waals surface area contributed by atoms with Gasteiger partial charge in [-0.2, -0.15) is 0 Å². The van der Waals surface area contributed by atoms with Gasteiger partial charge in [-0.3, -0.25) is 9.10 Å². The lowest BCUT2D eigenvalue weighted by atomic mass is 9.95. The fourth-order valence-electron chi connectivity index (χ4n) is 4.87. The minimum atomic E-state index is -3.92. The number of hydrogen-bond donors (Lipinski definition) is 1. The molecule has 1 N–H and O–H groups in total. The molecule has 0 radical (unpaired) electrons. The average molecular weight is 475 g/mol. The van der Waals surface area contributed by atoms with E-state index in [0.29, 0.717) is 29.9 Å². The smallest absolute Gasteiger partial charge is 0.264 e. The van der Waals surface area contributed by atoms with Crippen LogP contribution in [0.15, 0.2) is 58.3 Å². The van der Waals surface area contributed by atoms with E-state index < -0.39 is 10.0 Å². The fourth-order valence-corrected chi connectivity index (χ4v) is 6.70. The molecule has 2 saturated carbocycles. The summed E-state index contributed by atoms with van der Waals surface area (Å²) >= 11 is 1.55. The average Bonchev–Trinajstić information content (AvgIpc) is 3.42. The third-order valence-electron chi connectivity index (χ3n) is 6.45. The predicted octanol–water partition coefficient (Wildman–Crippen LogP) is 4.31. The molecule has 32 heavy (non-hydrogen) atoms. The van der Waals surface area contributed by atoms with Crippen molar-refractivity contribution in [1.29, 1.82) is 0 Å². The monoisotopic (exact) mass is 474 g/mol. The molecular formula is C24H30N2O4S2. The highest BCUT2D eigenvalue weighted by Crippen LogP contribution is 2.44. The van der Waals surface area contributed by atoms with E-state index in [1.54, 1.807) is 60.3 Å². The number of ether oxygens (including phenoxy) is 1. The fraction of sp³-hybridized carbons (Fsp3) is 0.458. The highest BCUT2D eigenvalue weighted by Gasteiger charge is 2.40. The van der Waals surface area contributed by atoms with Gasteiger partial charge >= 0.3 is 0 Å². The second kappa shape index (κ2) is 9.75. The Morgan fingerprint density at radius 2 is 1.81 bits per heavy atom. The van der Waals surface area contributed by atoms with Crippen LogP contribution in [-0.2, 0) is 14.8 Å². The summed E-state index contributed by atoms with van der Waals surface area (Å²) in [7, 11) is -3.92. The lowest BCUT2D eigenvalue weighted by Gasteiger charge is -2.27. The molecule has 0 heterocycles. The van der Waals surface area contributed by atoms with Crippen molar-refractivity contribution in [3.05, 3.63) is 48.5 Å². The highest BCUT2D eigenvalue weighted by molar-refractivity contribution is 7.98. The van der Waals surface area contributed by atoms with Crippen LogP contribution >= 0.6 is 11.8 Å². The highest BCUT2D eigenvalue weighted by atomic mass is 32.2. The molecule has 0 aromatic heterocycles. The minimum Gasteiger partial charge on any atom is -0.494 e. The Balaban J connectivity index is 1.58. The standard InChI is InChI=1S/C24H30N2O4S2/c1-3-30-20-8-6-19(7-9-20)26(32(28,29)22-12-10-21(31-2)11-13-22)16-24(27)25-23-15-17-4-5-18(23)14-17/h6-13,17-18,23H,3-5,14-16H2,1-2H3,(H,25,27)/t17-,18-,23+/m1/s1. The number of nitrogens with zero attached hydrogens (tertiary/aromatic N) is 1. The van der Waals surface area contributed by atoms with E-state index >= 15 is 0 Å². The Bertz CT molecular complexity index is 1040. The Labute approximate surface area is 194 Å². The largest absolute Gasteiger partial charge is 0.494 e. The van der Waals surface area contributed by atoms with Gasteiger partial charge in [0.15, 0.2) is 0 Å². The summed E-state index contributed by atoms with van der Waals surface area (Å²) in [4.78, 5) is 14.1. The van der Waals surface area contributed by atoms with Gasteiger partial charge in [-0.15, -0.1) is 11.8 Å². The maximum absolute atomic E-state index is 13.6. The maximum atomic E-state index is 13.6. The third kappa shape index (κ3) is 4.91. The molecule has 4 rings (SSSR count). The summed E-state index contributed by atoms with van der Waals surface area (Å²) in [6, 6.07) is 13.7. The van der Waals surface area contributed by atoms with E-state index in [9.17, 15) is 13.2 Å². The molecule has 2 aromatic rings. The van der Waals surface area contributed by atoms with Gasteiger partial charge in [0.1, 0.15) is 12.3 Å². The van der Waals surface area contributed by atoms with Gasteiger partial charge in [-0.1, -0.05) is 6.42 Å². The predicted molar refractivity (Wildman–Crippen MR) is 128 cm³/mol. The molecule has 172 valence electrons. The molecule has 1 amide bonds. The number of carbonyl (C=O) groups excluding carboxylic acids is 1. The molecule has 2 bridgehead atoms. The first-order valence-electron chi connectivity index (χ1n) is 11.1. The second-order valence-electron chi connectivity index (χ2n) is 8.46. The van der Waals surface area contributed by atoms with Crippen LogP contribution in [-0.4, -0.2) is 39.8 Å². The molecule has 0 saturated heterocycles. The number of nitrogens with one attached hydrogen (secondary N) is 1. The quantitative estimate of drug-likeness (QED) is 0.548. The molecule has 2 aliphatic rings. The van der Waals surface area contributed by atoms with Crippen LogP contribution in [0.5, 0.6) is 5.75 Å². The normalized spacial score (nSPS) is 22.0. The van der Waals surface area contributed by atoms with Crippen LogP contribution in [0.25, 0.3) is 0 Å². The molecule has 0 aliphatic heterocycles. The van der Waals surface area contributed by atoms with Crippen molar-refractivity contribution < 1.29 is 17.9 Å². The zero-order chi connectivity index (χ0) is 22.7. The van der Waals surface area contributed by atoms with E-state index in [1.807, 2.05) is 13.2 Å². The van der Waals surface area contributed by atoms with Crippen LogP contribution in [0.4, 0.5) is 5.69 Å². The number of rotatable bonds is 9. The number of thioether (sulfide) groups is 1. The Kier molecular flexibility index (Phi) is 7.00. The van der Waals surface area contributed by atoms with E-state index in [1.165, 1.54) is 17.1 Å². The number of benzene rings is 2. The van der Waals surface area contributed by atoms with Crippen molar-refractivity contribution in [1.82, 2.24) is 5.32 Å². The van der Waals surface area contributed by atoms with Crippen molar-refractivity contribution in [3.63, 3.8) is 0 Å². The van der Waals surface area contributed by atoms with E-state index in [2.05, 4.69) is 5.32 Å². The molecule has 0 spiro atoms. The molecule has 6 nitrogen and oxygen atoms in total. The first kappa shape index (κ1) is 23.0. The molecule has 2 aromatic carbocycles. The summed E-state index contributed by atoms with van der Waals surface area (Å²) in [6.07, 6.45) is 6.51. The molecule has 2 aliphatic carbocycles. The molecular weight excluding hydrogens is 444 g/mol. The number of anilines is 1. The lowest BCUT2D eigenvalue weighted by Crippen LogP contribution is -2.45. The zero-order valence-electron chi connectivity index (χ0n) is 18.5. The van der Waals surface area contributed by atoms with E-state index in [0.717, 1.165) is 17.7 Å². The SMILES string of the molecule is CCOc1ccc(N(CC(=O)N[C@H]2C[C@@H]3CC[C@@H]2C3)S(=O)(=O)c2ccc(SC)cc2)cc1. The molecule has 2 fully saturated rings. The maximum Gasteiger partial charge on any atom is 0.264 e. The van der Waals surface area contributed by atoms with Crippen molar-refractivity contribution >= 4 is 33.4 Å². The second-order valence-corrected chi connectivity index (χ2v) is 11.2. The van der Waals surface area contributed by atoms with Crippen molar-refractivity contribution in [2.45, 2.75) is 48.4 Å². The lowest BCUT2D eigenvalue weighted by molar-refractivity contribution is -0.120. The Hall–Kier alpha value is -2.19. The summed E-state index contributed by atoms with van der Waals surface area (Å²) in [5.41, 5.74) is 0.436. The van der Waals surface area contributed by atoms with Gasteiger partial charge in [0.25, 0.3) is 10.0 Å². The van der Waals surface area contributed by atoms with Crippen molar-refractivity contribution in [3.8, 4) is 5.75 Å². The van der Waals surface area contributed by atoms with E-state index in [-0.39, 0.29) is 23.4 Å². The Morgan fingerprint density at radius 1 is 1.09 bits per heavy atom. The van der Waals surface area contributed by atoms with E-state index in [4.69, 9.17) is 4.74 Å². The summed E-state index contributed by atoms with van der Waals surface area (Å²) in [5.74, 6) is 1.62. The topological polar surface area (TPSA) is 75.7 Å². The number of carbonyl (C=O) groups is 1. The van der Waals surface area contributed by atoms with Gasteiger partial charge in [0.2, 0.25) is 5.91 Å². The summed E-state index contributed by atoms with van der Waals surface area (Å²) in [6.45, 7) is 2.16. The first-order valence-corrected chi connectivity index (χ1v) is 13.8. The molecule has 3 atom stereocenters. The van der Waals surface area contributed by atoms with Gasteiger partial charge in [-0.25, -0.2) is 8.42 Å². The van der Waals surface area contributed by atoms with Crippen LogP contribution < -0.4 is 14.4 Å².